The number of ether oxygens (including phenoxy) is 2. The van der Waals surface area contributed by atoms with Crippen molar-refractivity contribution in [3.8, 4) is 11.5 Å². The van der Waals surface area contributed by atoms with E-state index in [2.05, 4.69) is 10.6 Å². The van der Waals surface area contributed by atoms with Gasteiger partial charge in [-0.15, -0.1) is 0 Å². The average Bonchev–Trinajstić information content (AvgIpc) is 2.70. The third-order valence-electron chi connectivity index (χ3n) is 4.11. The molecule has 0 heterocycles. The number of carbonyl (C=O) groups excluding carboxylic acids is 2. The Morgan fingerprint density at radius 1 is 0.967 bits per heavy atom. The molecule has 0 aliphatic rings. The van der Waals surface area contributed by atoms with Crippen molar-refractivity contribution < 1.29 is 19.1 Å². The Hall–Kier alpha value is -2.77. The quantitative estimate of drug-likeness (QED) is 0.559. The number of carbonyl (C=O) groups is 2. The van der Waals surface area contributed by atoms with Crippen molar-refractivity contribution in [1.29, 1.82) is 0 Å². The molecular weight excluding hydrogens is 406 g/mol. The highest BCUT2D eigenvalue weighted by Crippen LogP contribution is 2.30. The Kier molecular flexibility index (Phi) is 9.44. The Bertz CT molecular complexity index is 860. The molecule has 162 valence electrons. The zero-order chi connectivity index (χ0) is 21.9. The largest absolute Gasteiger partial charge is 0.490 e. The van der Waals surface area contributed by atoms with Crippen LogP contribution in [-0.2, 0) is 9.59 Å². The second-order valence-corrected chi connectivity index (χ2v) is 7.00. The zero-order valence-corrected chi connectivity index (χ0v) is 18.3. The number of nitrogens with zero attached hydrogens (tertiary/aromatic N) is 1. The molecule has 0 spiro atoms. The van der Waals surface area contributed by atoms with Gasteiger partial charge >= 0.3 is 0 Å². The van der Waals surface area contributed by atoms with Gasteiger partial charge in [-0.05, 0) is 45.2 Å². The number of benzene rings is 2. The Morgan fingerprint density at radius 2 is 1.67 bits per heavy atom. The molecule has 0 atom stereocenters. The van der Waals surface area contributed by atoms with Gasteiger partial charge < -0.3 is 20.1 Å². The van der Waals surface area contributed by atoms with Gasteiger partial charge in [0.25, 0.3) is 0 Å². The molecule has 2 aromatic rings. The molecule has 0 aromatic heterocycles. The van der Waals surface area contributed by atoms with E-state index in [0.29, 0.717) is 47.7 Å². The van der Waals surface area contributed by atoms with Crippen LogP contribution in [0.15, 0.2) is 42.5 Å². The second kappa shape index (κ2) is 12.0. The summed E-state index contributed by atoms with van der Waals surface area (Å²) in [5.41, 5.74) is 1.20. The molecule has 30 heavy (non-hydrogen) atoms. The summed E-state index contributed by atoms with van der Waals surface area (Å²) in [5, 5.41) is 6.10. The zero-order valence-electron chi connectivity index (χ0n) is 17.5. The maximum atomic E-state index is 12.3. The first-order valence-corrected chi connectivity index (χ1v) is 10.2. The Morgan fingerprint density at radius 3 is 2.37 bits per heavy atom. The molecule has 2 aromatic carbocycles. The highest BCUT2D eigenvalue weighted by Gasteiger charge is 2.12. The van der Waals surface area contributed by atoms with Crippen LogP contribution in [0.5, 0.6) is 11.5 Å². The molecule has 0 bridgehead atoms. The molecule has 7 nitrogen and oxygen atoms in total. The fourth-order valence-electron chi connectivity index (χ4n) is 2.72. The Balaban J connectivity index is 1.82. The maximum Gasteiger partial charge on any atom is 0.238 e. The van der Waals surface area contributed by atoms with Gasteiger partial charge in [0.15, 0.2) is 11.5 Å². The van der Waals surface area contributed by atoms with Crippen molar-refractivity contribution >= 4 is 34.8 Å². The highest BCUT2D eigenvalue weighted by molar-refractivity contribution is 6.33. The van der Waals surface area contributed by atoms with Crippen molar-refractivity contribution in [2.75, 3.05) is 44.0 Å². The average molecular weight is 434 g/mol. The fraction of sp³-hybridized carbons (Fsp3) is 0.364. The number of likely N-dealkylation sites (N-methyl/N-ethyl adjacent to an activating group) is 1. The first-order valence-electron chi connectivity index (χ1n) is 9.85. The normalized spacial score (nSPS) is 10.6. The van der Waals surface area contributed by atoms with E-state index in [-0.39, 0.29) is 24.8 Å². The van der Waals surface area contributed by atoms with Gasteiger partial charge in [-0.3, -0.25) is 14.5 Å². The first-order chi connectivity index (χ1) is 14.4. The molecule has 0 saturated heterocycles. The van der Waals surface area contributed by atoms with Crippen LogP contribution in [-0.4, -0.2) is 50.1 Å². The minimum absolute atomic E-state index is 0.149. The predicted octanol–water partition coefficient (Wildman–Crippen LogP) is 4.04. The van der Waals surface area contributed by atoms with Crippen molar-refractivity contribution in [1.82, 2.24) is 4.90 Å². The van der Waals surface area contributed by atoms with Crippen LogP contribution in [0.2, 0.25) is 5.02 Å². The molecule has 0 fully saturated rings. The molecule has 0 aliphatic carbocycles. The number of halogens is 1. The lowest BCUT2D eigenvalue weighted by Gasteiger charge is -2.17. The number of nitrogens with one attached hydrogen (secondary N) is 2. The molecule has 0 radical (unpaired) electrons. The number of hydrogen-bond donors (Lipinski definition) is 2. The monoisotopic (exact) mass is 433 g/mol. The third kappa shape index (κ3) is 7.57. The summed E-state index contributed by atoms with van der Waals surface area (Å²) < 4.78 is 11.1. The summed E-state index contributed by atoms with van der Waals surface area (Å²) >= 11 is 6.04. The van der Waals surface area contributed by atoms with Gasteiger partial charge in [-0.25, -0.2) is 0 Å². The second-order valence-electron chi connectivity index (χ2n) is 6.59. The molecular formula is C22H28ClN3O4. The molecule has 2 amide bonds. The van der Waals surface area contributed by atoms with E-state index >= 15 is 0 Å². The van der Waals surface area contributed by atoms with Crippen molar-refractivity contribution in [2.24, 2.45) is 0 Å². The molecule has 0 saturated carbocycles. The van der Waals surface area contributed by atoms with E-state index in [0.717, 1.165) is 0 Å². The lowest BCUT2D eigenvalue weighted by atomic mass is 10.2. The predicted molar refractivity (Wildman–Crippen MR) is 120 cm³/mol. The van der Waals surface area contributed by atoms with E-state index < -0.39 is 0 Å². The van der Waals surface area contributed by atoms with Gasteiger partial charge in [0.2, 0.25) is 11.8 Å². The van der Waals surface area contributed by atoms with Crippen LogP contribution >= 0.6 is 11.6 Å². The topological polar surface area (TPSA) is 79.9 Å². The van der Waals surface area contributed by atoms with E-state index in [1.165, 1.54) is 0 Å². The van der Waals surface area contributed by atoms with E-state index in [9.17, 15) is 9.59 Å². The molecule has 2 N–H and O–H groups in total. The number of anilines is 2. The molecule has 0 aliphatic heterocycles. The number of para-hydroxylation sites is 1. The Labute approximate surface area is 182 Å². The van der Waals surface area contributed by atoms with E-state index in [1.807, 2.05) is 13.8 Å². The van der Waals surface area contributed by atoms with Crippen LogP contribution in [0.1, 0.15) is 20.3 Å². The van der Waals surface area contributed by atoms with Crippen LogP contribution in [0.25, 0.3) is 0 Å². The van der Waals surface area contributed by atoms with Crippen molar-refractivity contribution in [3.63, 3.8) is 0 Å². The fourth-order valence-corrected chi connectivity index (χ4v) is 2.90. The highest BCUT2D eigenvalue weighted by atomic mass is 35.5. The van der Waals surface area contributed by atoms with Gasteiger partial charge in [0.05, 0.1) is 30.5 Å². The first kappa shape index (κ1) is 23.5. The minimum atomic E-state index is -0.185. The lowest BCUT2D eigenvalue weighted by Crippen LogP contribution is -2.32. The molecule has 2 rings (SSSR count). The van der Waals surface area contributed by atoms with Crippen LogP contribution in [0.4, 0.5) is 11.4 Å². The van der Waals surface area contributed by atoms with Gasteiger partial charge in [-0.1, -0.05) is 23.7 Å². The van der Waals surface area contributed by atoms with Crippen molar-refractivity contribution in [3.05, 3.63) is 47.5 Å². The lowest BCUT2D eigenvalue weighted by molar-refractivity contribution is -0.119. The summed E-state index contributed by atoms with van der Waals surface area (Å²) in [6.07, 6.45) is 0.243. The summed E-state index contributed by atoms with van der Waals surface area (Å²) in [7, 11) is 1.78. The van der Waals surface area contributed by atoms with Crippen LogP contribution < -0.4 is 20.1 Å². The minimum Gasteiger partial charge on any atom is -0.490 e. The standard InChI is InChI=1S/C22H28ClN3O4/c1-4-29-19-11-10-16(14-20(19)30-5-2)24-22(28)15-26(3)13-12-21(27)25-18-9-7-6-8-17(18)23/h6-11,14H,4-5,12-13,15H2,1-3H3,(H,24,28)(H,25,27). The smallest absolute Gasteiger partial charge is 0.238 e. The summed E-state index contributed by atoms with van der Waals surface area (Å²) in [6, 6.07) is 12.3. The summed E-state index contributed by atoms with van der Waals surface area (Å²) in [5.74, 6) is 0.875. The third-order valence-corrected chi connectivity index (χ3v) is 4.44. The van der Waals surface area contributed by atoms with Gasteiger partial charge in [0.1, 0.15) is 0 Å². The number of rotatable bonds is 11. The van der Waals surface area contributed by atoms with Crippen LogP contribution in [0, 0.1) is 0 Å². The molecule has 0 unspecified atom stereocenters. The molecule has 8 heteroatoms. The summed E-state index contributed by atoms with van der Waals surface area (Å²) in [4.78, 5) is 26.2. The van der Waals surface area contributed by atoms with E-state index in [1.54, 1.807) is 54.4 Å². The van der Waals surface area contributed by atoms with Gasteiger partial charge in [-0.2, -0.15) is 0 Å². The van der Waals surface area contributed by atoms with Gasteiger partial charge in [0, 0.05) is 24.7 Å². The SMILES string of the molecule is CCOc1ccc(NC(=O)CN(C)CCC(=O)Nc2ccccc2Cl)cc1OCC. The summed E-state index contributed by atoms with van der Waals surface area (Å²) in [6.45, 7) is 5.39. The van der Waals surface area contributed by atoms with Crippen LogP contribution in [0.3, 0.4) is 0 Å². The number of hydrogen-bond acceptors (Lipinski definition) is 5. The van der Waals surface area contributed by atoms with Crippen molar-refractivity contribution in [2.45, 2.75) is 20.3 Å². The maximum absolute atomic E-state index is 12.3. The number of amides is 2. The van der Waals surface area contributed by atoms with E-state index in [4.69, 9.17) is 21.1 Å².